The van der Waals surface area contributed by atoms with Gasteiger partial charge in [-0.2, -0.15) is 0 Å². The Kier molecular flexibility index (Phi) is 4.26. The molecule has 0 rings (SSSR count). The van der Waals surface area contributed by atoms with Gasteiger partial charge in [-0.15, -0.1) is 0 Å². The van der Waals surface area contributed by atoms with Gasteiger partial charge in [0, 0.05) is 6.54 Å². The van der Waals surface area contributed by atoms with E-state index in [9.17, 15) is 0 Å². The molecule has 0 aromatic heterocycles. The summed E-state index contributed by atoms with van der Waals surface area (Å²) in [5, 5.41) is 0. The van der Waals surface area contributed by atoms with Crippen LogP contribution in [0.5, 0.6) is 0 Å². The standard InChI is InChI=1S/C3H5Br2N/c4-3(5)1-2-6/h1H,2,6H2. The summed E-state index contributed by atoms with van der Waals surface area (Å²) in [6.07, 6.45) is 1.82. The van der Waals surface area contributed by atoms with Crippen LogP contribution in [0.3, 0.4) is 0 Å². The van der Waals surface area contributed by atoms with Gasteiger partial charge in [-0.25, -0.2) is 0 Å². The highest BCUT2D eigenvalue weighted by Crippen LogP contribution is 2.10. The third kappa shape index (κ3) is 4.66. The molecule has 0 aliphatic heterocycles. The molecule has 1 nitrogen and oxygen atoms in total. The Bertz CT molecular complexity index is 55.8. The molecular formula is C3H5Br2N. The van der Waals surface area contributed by atoms with E-state index in [1.807, 2.05) is 6.08 Å². The zero-order valence-electron chi connectivity index (χ0n) is 3.12. The van der Waals surface area contributed by atoms with Gasteiger partial charge in [0.1, 0.15) is 0 Å². The third-order valence-corrected chi connectivity index (χ3v) is 0.920. The smallest absolute Gasteiger partial charge is 0.0576 e. The Morgan fingerprint density at radius 1 is 1.67 bits per heavy atom. The van der Waals surface area contributed by atoms with Crippen LogP contribution >= 0.6 is 31.9 Å². The first-order valence-corrected chi connectivity index (χ1v) is 3.07. The summed E-state index contributed by atoms with van der Waals surface area (Å²) in [7, 11) is 0. The molecule has 0 amide bonds. The van der Waals surface area contributed by atoms with Crippen molar-refractivity contribution in [3.63, 3.8) is 0 Å². The summed E-state index contributed by atoms with van der Waals surface area (Å²) in [6.45, 7) is 0.575. The van der Waals surface area contributed by atoms with Crippen LogP contribution in [0, 0.1) is 0 Å². The van der Waals surface area contributed by atoms with Crippen LogP contribution in [-0.2, 0) is 0 Å². The van der Waals surface area contributed by atoms with Gasteiger partial charge in [-0.3, -0.25) is 0 Å². The van der Waals surface area contributed by atoms with Gasteiger partial charge in [0.25, 0.3) is 0 Å². The summed E-state index contributed by atoms with van der Waals surface area (Å²) in [4.78, 5) is 0. The van der Waals surface area contributed by atoms with E-state index < -0.39 is 0 Å². The number of hydrogen-bond donors (Lipinski definition) is 1. The third-order valence-electron chi connectivity index (χ3n) is 0.272. The van der Waals surface area contributed by atoms with Crippen LogP contribution < -0.4 is 5.73 Å². The molecule has 36 valence electrons. The maximum atomic E-state index is 5.09. The van der Waals surface area contributed by atoms with Crippen LogP contribution in [0.1, 0.15) is 0 Å². The molecule has 0 fully saturated rings. The van der Waals surface area contributed by atoms with E-state index in [4.69, 9.17) is 5.73 Å². The Hall–Kier alpha value is 0.660. The van der Waals surface area contributed by atoms with E-state index >= 15 is 0 Å². The lowest BCUT2D eigenvalue weighted by atomic mass is 10.7. The second-order valence-corrected chi connectivity index (χ2v) is 3.50. The minimum Gasteiger partial charge on any atom is -0.327 e. The molecule has 0 aromatic carbocycles. The maximum Gasteiger partial charge on any atom is 0.0576 e. The van der Waals surface area contributed by atoms with Gasteiger partial charge in [0.05, 0.1) is 3.39 Å². The predicted octanol–water partition coefficient (Wildman–Crippen LogP) is 1.58. The molecule has 0 atom stereocenters. The van der Waals surface area contributed by atoms with E-state index in [0.29, 0.717) is 6.54 Å². The lowest BCUT2D eigenvalue weighted by Gasteiger charge is -1.76. The lowest BCUT2D eigenvalue weighted by Crippen LogP contribution is -1.91. The molecule has 6 heavy (non-hydrogen) atoms. The predicted molar refractivity (Wildman–Crippen MR) is 35.0 cm³/mol. The molecule has 0 unspecified atom stereocenters. The van der Waals surface area contributed by atoms with Gasteiger partial charge < -0.3 is 5.73 Å². The average Bonchev–Trinajstić information content (AvgIpc) is 1.35. The van der Waals surface area contributed by atoms with Crippen molar-refractivity contribution in [3.8, 4) is 0 Å². The van der Waals surface area contributed by atoms with Crippen LogP contribution in [0.15, 0.2) is 9.47 Å². The molecule has 3 heteroatoms. The molecule has 0 saturated heterocycles. The minimum atomic E-state index is 0.575. The van der Waals surface area contributed by atoms with E-state index in [-0.39, 0.29) is 0 Å². The van der Waals surface area contributed by atoms with E-state index in [0.717, 1.165) is 3.39 Å². The number of nitrogens with two attached hydrogens (primary N) is 1. The first-order chi connectivity index (χ1) is 2.77. The van der Waals surface area contributed by atoms with Gasteiger partial charge >= 0.3 is 0 Å². The molecule has 0 spiro atoms. The molecule has 2 N–H and O–H groups in total. The second-order valence-electron chi connectivity index (χ2n) is 0.729. The summed E-state index contributed by atoms with van der Waals surface area (Å²) >= 11 is 6.26. The van der Waals surface area contributed by atoms with Crippen molar-refractivity contribution < 1.29 is 0 Å². The first kappa shape index (κ1) is 6.66. The number of rotatable bonds is 1. The molecule has 0 aliphatic carbocycles. The van der Waals surface area contributed by atoms with Crippen molar-refractivity contribution in [2.24, 2.45) is 5.73 Å². The molecule has 0 aliphatic rings. The fourth-order valence-electron chi connectivity index (χ4n) is 0.0891. The highest BCUT2D eigenvalue weighted by molar-refractivity contribution is 9.28. The van der Waals surface area contributed by atoms with Crippen molar-refractivity contribution in [2.75, 3.05) is 6.54 Å². The summed E-state index contributed by atoms with van der Waals surface area (Å²) in [5.41, 5.74) is 5.09. The SMILES string of the molecule is NCC=C(Br)Br. The Morgan fingerprint density at radius 3 is 2.17 bits per heavy atom. The Morgan fingerprint density at radius 2 is 2.17 bits per heavy atom. The minimum absolute atomic E-state index is 0.575. The maximum absolute atomic E-state index is 5.09. The molecule has 0 bridgehead atoms. The zero-order chi connectivity index (χ0) is 4.99. The highest BCUT2D eigenvalue weighted by atomic mass is 79.9. The van der Waals surface area contributed by atoms with Crippen LogP contribution in [0.4, 0.5) is 0 Å². The fraction of sp³-hybridized carbons (Fsp3) is 0.333. The van der Waals surface area contributed by atoms with Crippen molar-refractivity contribution in [2.45, 2.75) is 0 Å². The van der Waals surface area contributed by atoms with Crippen LogP contribution in [0.2, 0.25) is 0 Å². The molecular weight excluding hydrogens is 210 g/mol. The van der Waals surface area contributed by atoms with E-state index in [1.54, 1.807) is 0 Å². The average molecular weight is 215 g/mol. The van der Waals surface area contributed by atoms with E-state index in [2.05, 4.69) is 31.9 Å². The molecule has 0 radical (unpaired) electrons. The Balaban J connectivity index is 3.14. The van der Waals surface area contributed by atoms with Crippen LogP contribution in [-0.4, -0.2) is 6.54 Å². The van der Waals surface area contributed by atoms with Gasteiger partial charge in [0.15, 0.2) is 0 Å². The van der Waals surface area contributed by atoms with Gasteiger partial charge in [0.2, 0.25) is 0 Å². The van der Waals surface area contributed by atoms with Crippen molar-refractivity contribution in [3.05, 3.63) is 9.47 Å². The quantitative estimate of drug-likeness (QED) is 0.705. The lowest BCUT2D eigenvalue weighted by molar-refractivity contribution is 1.26. The summed E-state index contributed by atoms with van der Waals surface area (Å²) in [6, 6.07) is 0. The summed E-state index contributed by atoms with van der Waals surface area (Å²) < 4.78 is 0.914. The van der Waals surface area contributed by atoms with Gasteiger partial charge in [-0.05, 0) is 37.9 Å². The highest BCUT2D eigenvalue weighted by Gasteiger charge is 1.72. The Labute approximate surface area is 53.9 Å². The molecule has 0 aromatic rings. The van der Waals surface area contributed by atoms with Crippen LogP contribution in [0.25, 0.3) is 0 Å². The fourth-order valence-corrected chi connectivity index (χ4v) is 0.463. The zero-order valence-corrected chi connectivity index (χ0v) is 6.29. The first-order valence-electron chi connectivity index (χ1n) is 1.48. The van der Waals surface area contributed by atoms with Crippen molar-refractivity contribution >= 4 is 31.9 Å². The van der Waals surface area contributed by atoms with Crippen molar-refractivity contribution in [1.82, 2.24) is 0 Å². The monoisotopic (exact) mass is 213 g/mol. The van der Waals surface area contributed by atoms with Crippen molar-refractivity contribution in [1.29, 1.82) is 0 Å². The number of halogens is 2. The summed E-state index contributed by atoms with van der Waals surface area (Å²) in [5.74, 6) is 0. The number of hydrogen-bond acceptors (Lipinski definition) is 1. The van der Waals surface area contributed by atoms with Gasteiger partial charge in [-0.1, -0.05) is 0 Å². The van der Waals surface area contributed by atoms with E-state index in [1.165, 1.54) is 0 Å². The largest absolute Gasteiger partial charge is 0.327 e. The molecule has 0 heterocycles. The molecule has 0 saturated carbocycles. The normalized spacial score (nSPS) is 7.83. The second kappa shape index (κ2) is 3.84. The topological polar surface area (TPSA) is 26.0 Å².